The molecule has 1 heterocycles. The van der Waals surface area contributed by atoms with Crippen LogP contribution in [-0.2, 0) is 23.1 Å². The van der Waals surface area contributed by atoms with E-state index in [9.17, 15) is 9.59 Å². The van der Waals surface area contributed by atoms with Gasteiger partial charge < -0.3 is 15.2 Å². The number of benzene rings is 1. The van der Waals surface area contributed by atoms with Gasteiger partial charge in [0.25, 0.3) is 0 Å². The Balaban J connectivity index is 1.47. The molecule has 0 bridgehead atoms. The van der Waals surface area contributed by atoms with Crippen LogP contribution in [0.1, 0.15) is 37.9 Å². The molecule has 8 heteroatoms. The van der Waals surface area contributed by atoms with Gasteiger partial charge in [-0.2, -0.15) is 0 Å². The van der Waals surface area contributed by atoms with Crippen LogP contribution in [0.5, 0.6) is 0 Å². The first-order chi connectivity index (χ1) is 13.1. The minimum atomic E-state index is -0.150. The van der Waals surface area contributed by atoms with Crippen LogP contribution < -0.4 is 10.6 Å². The standard InChI is InChI=1S/C19H25N5O2S/c1-24-16(12-17(25)20-14-8-4-2-5-9-14)22-23-19(24)27-13-18(26)21-15-10-6-3-7-11-15/h2,4-5,8-9,15H,3,6-7,10-13H2,1H3,(H,20,25)(H,21,26). The Kier molecular flexibility index (Phi) is 6.86. The number of hydrogen-bond acceptors (Lipinski definition) is 5. The molecule has 0 radical (unpaired) electrons. The summed E-state index contributed by atoms with van der Waals surface area (Å²) in [4.78, 5) is 24.3. The SMILES string of the molecule is Cn1c(CC(=O)Nc2ccccc2)nnc1SCC(=O)NC1CCCCC1. The zero-order valence-corrected chi connectivity index (χ0v) is 16.3. The molecule has 1 aliphatic carbocycles. The lowest BCUT2D eigenvalue weighted by atomic mass is 9.95. The highest BCUT2D eigenvalue weighted by atomic mass is 32.2. The highest BCUT2D eigenvalue weighted by molar-refractivity contribution is 7.99. The number of nitrogens with zero attached hydrogens (tertiary/aromatic N) is 3. The van der Waals surface area contributed by atoms with Crippen molar-refractivity contribution >= 4 is 29.3 Å². The average molecular weight is 388 g/mol. The third kappa shape index (κ3) is 5.82. The van der Waals surface area contributed by atoms with E-state index in [4.69, 9.17) is 0 Å². The van der Waals surface area contributed by atoms with Crippen molar-refractivity contribution in [2.45, 2.75) is 49.7 Å². The predicted molar refractivity (Wildman–Crippen MR) is 106 cm³/mol. The van der Waals surface area contributed by atoms with Crippen LogP contribution >= 0.6 is 11.8 Å². The molecular weight excluding hydrogens is 362 g/mol. The third-order valence-corrected chi connectivity index (χ3v) is 5.62. The molecule has 0 saturated heterocycles. The molecule has 2 N–H and O–H groups in total. The lowest BCUT2D eigenvalue weighted by Crippen LogP contribution is -2.37. The zero-order valence-electron chi connectivity index (χ0n) is 15.5. The summed E-state index contributed by atoms with van der Waals surface area (Å²) in [5.74, 6) is 0.749. The van der Waals surface area contributed by atoms with Gasteiger partial charge in [-0.1, -0.05) is 49.2 Å². The van der Waals surface area contributed by atoms with Crippen molar-refractivity contribution in [3.05, 3.63) is 36.2 Å². The lowest BCUT2D eigenvalue weighted by Gasteiger charge is -2.22. The number of carbonyl (C=O) groups is 2. The minimum absolute atomic E-state index is 0.0262. The maximum absolute atomic E-state index is 12.2. The normalized spacial score (nSPS) is 14.7. The smallest absolute Gasteiger partial charge is 0.232 e. The lowest BCUT2D eigenvalue weighted by molar-refractivity contribution is -0.119. The molecule has 1 aliphatic rings. The molecule has 0 unspecified atom stereocenters. The number of anilines is 1. The van der Waals surface area contributed by atoms with E-state index in [1.54, 1.807) is 4.57 Å². The van der Waals surface area contributed by atoms with Crippen LogP contribution in [0.2, 0.25) is 0 Å². The minimum Gasteiger partial charge on any atom is -0.353 e. The second-order valence-electron chi connectivity index (χ2n) is 6.74. The second-order valence-corrected chi connectivity index (χ2v) is 7.68. The van der Waals surface area contributed by atoms with E-state index in [2.05, 4.69) is 20.8 Å². The Labute approximate surface area is 163 Å². The molecule has 144 valence electrons. The Hall–Kier alpha value is -2.35. The van der Waals surface area contributed by atoms with E-state index >= 15 is 0 Å². The molecular formula is C19H25N5O2S. The first-order valence-electron chi connectivity index (χ1n) is 9.27. The molecule has 3 rings (SSSR count). The van der Waals surface area contributed by atoms with Crippen LogP contribution in [-0.4, -0.2) is 38.4 Å². The second kappa shape index (κ2) is 9.55. The van der Waals surface area contributed by atoms with Gasteiger partial charge in [-0.15, -0.1) is 10.2 Å². The Morgan fingerprint density at radius 1 is 1.11 bits per heavy atom. The molecule has 27 heavy (non-hydrogen) atoms. The van der Waals surface area contributed by atoms with E-state index in [0.29, 0.717) is 22.8 Å². The average Bonchev–Trinajstić information content (AvgIpc) is 3.01. The number of para-hydroxylation sites is 1. The fraction of sp³-hybridized carbons (Fsp3) is 0.474. The van der Waals surface area contributed by atoms with Crippen molar-refractivity contribution in [1.82, 2.24) is 20.1 Å². The molecule has 0 aliphatic heterocycles. The summed E-state index contributed by atoms with van der Waals surface area (Å²) in [5.41, 5.74) is 0.749. The van der Waals surface area contributed by atoms with Gasteiger partial charge in [-0.3, -0.25) is 9.59 Å². The molecule has 0 atom stereocenters. The Morgan fingerprint density at radius 2 is 1.85 bits per heavy atom. The van der Waals surface area contributed by atoms with Crippen LogP contribution in [0.25, 0.3) is 0 Å². The Morgan fingerprint density at radius 3 is 2.59 bits per heavy atom. The largest absolute Gasteiger partial charge is 0.353 e. The van der Waals surface area contributed by atoms with Gasteiger partial charge in [0, 0.05) is 18.8 Å². The molecule has 2 aromatic rings. The summed E-state index contributed by atoms with van der Waals surface area (Å²) in [7, 11) is 1.81. The van der Waals surface area contributed by atoms with E-state index in [1.807, 2.05) is 37.4 Å². The van der Waals surface area contributed by atoms with Crippen LogP contribution in [0.4, 0.5) is 5.69 Å². The number of hydrogen-bond donors (Lipinski definition) is 2. The van der Waals surface area contributed by atoms with Crippen molar-refractivity contribution < 1.29 is 9.59 Å². The number of amides is 2. The van der Waals surface area contributed by atoms with Gasteiger partial charge in [-0.25, -0.2) is 0 Å². The third-order valence-electron chi connectivity index (χ3n) is 4.60. The van der Waals surface area contributed by atoms with Crippen molar-refractivity contribution in [2.75, 3.05) is 11.1 Å². The van der Waals surface area contributed by atoms with Crippen molar-refractivity contribution in [3.63, 3.8) is 0 Å². The zero-order chi connectivity index (χ0) is 19.1. The number of rotatable bonds is 7. The van der Waals surface area contributed by atoms with E-state index in [1.165, 1.54) is 31.0 Å². The number of thioether (sulfide) groups is 1. The summed E-state index contributed by atoms with van der Waals surface area (Å²) in [6.45, 7) is 0. The maximum atomic E-state index is 12.2. The van der Waals surface area contributed by atoms with E-state index in [-0.39, 0.29) is 18.2 Å². The highest BCUT2D eigenvalue weighted by Crippen LogP contribution is 2.19. The van der Waals surface area contributed by atoms with Gasteiger partial charge in [0.1, 0.15) is 5.82 Å². The molecule has 1 aromatic heterocycles. The molecule has 0 spiro atoms. The summed E-state index contributed by atoms with van der Waals surface area (Å²) >= 11 is 1.34. The first kappa shape index (κ1) is 19.4. The first-order valence-corrected chi connectivity index (χ1v) is 10.3. The fourth-order valence-corrected chi connectivity index (χ4v) is 3.88. The van der Waals surface area contributed by atoms with Gasteiger partial charge in [0.05, 0.1) is 12.2 Å². The van der Waals surface area contributed by atoms with Crippen LogP contribution in [0, 0.1) is 0 Å². The van der Waals surface area contributed by atoms with Crippen LogP contribution in [0.15, 0.2) is 35.5 Å². The maximum Gasteiger partial charge on any atom is 0.232 e. The number of carbonyl (C=O) groups excluding carboxylic acids is 2. The molecule has 1 fully saturated rings. The van der Waals surface area contributed by atoms with E-state index < -0.39 is 0 Å². The van der Waals surface area contributed by atoms with Gasteiger partial charge in [-0.05, 0) is 25.0 Å². The summed E-state index contributed by atoms with van der Waals surface area (Å²) < 4.78 is 1.77. The Bertz CT molecular complexity index is 772. The van der Waals surface area contributed by atoms with Crippen molar-refractivity contribution in [2.24, 2.45) is 7.05 Å². The highest BCUT2D eigenvalue weighted by Gasteiger charge is 2.17. The van der Waals surface area contributed by atoms with Gasteiger partial charge >= 0.3 is 0 Å². The summed E-state index contributed by atoms with van der Waals surface area (Å²) in [5, 5.41) is 14.8. The fourth-order valence-electron chi connectivity index (χ4n) is 3.14. The van der Waals surface area contributed by atoms with Gasteiger partial charge in [0.2, 0.25) is 11.8 Å². The van der Waals surface area contributed by atoms with Crippen LogP contribution in [0.3, 0.4) is 0 Å². The molecule has 2 amide bonds. The quantitative estimate of drug-likeness (QED) is 0.713. The predicted octanol–water partition coefficient (Wildman–Crippen LogP) is 2.54. The van der Waals surface area contributed by atoms with Gasteiger partial charge in [0.15, 0.2) is 5.16 Å². The topological polar surface area (TPSA) is 88.9 Å². The summed E-state index contributed by atoms with van der Waals surface area (Å²) in [6.07, 6.45) is 5.92. The van der Waals surface area contributed by atoms with Crippen molar-refractivity contribution in [3.8, 4) is 0 Å². The summed E-state index contributed by atoms with van der Waals surface area (Å²) in [6, 6.07) is 9.60. The van der Waals surface area contributed by atoms with Crippen molar-refractivity contribution in [1.29, 1.82) is 0 Å². The monoisotopic (exact) mass is 387 g/mol. The molecule has 1 saturated carbocycles. The number of aromatic nitrogens is 3. The number of nitrogens with one attached hydrogen (secondary N) is 2. The molecule has 1 aromatic carbocycles. The van der Waals surface area contributed by atoms with E-state index in [0.717, 1.165) is 18.5 Å². The molecule has 7 nitrogen and oxygen atoms in total.